The first-order valence-corrected chi connectivity index (χ1v) is 9.04. The van der Waals surface area contributed by atoms with E-state index in [1.807, 2.05) is 0 Å². The highest BCUT2D eigenvalue weighted by molar-refractivity contribution is 5.76. The molecule has 3 nitrogen and oxygen atoms in total. The van der Waals surface area contributed by atoms with Crippen molar-refractivity contribution < 1.29 is 4.79 Å². The van der Waals surface area contributed by atoms with Crippen LogP contribution in [0.3, 0.4) is 0 Å². The van der Waals surface area contributed by atoms with Crippen molar-refractivity contribution in [1.82, 2.24) is 5.32 Å². The first kappa shape index (κ1) is 15.3. The van der Waals surface area contributed by atoms with Crippen molar-refractivity contribution in [2.45, 2.75) is 64.8 Å². The average Bonchev–Trinajstić information content (AvgIpc) is 2.40. The predicted octanol–water partition coefficient (Wildman–Crippen LogP) is 2.94. The maximum Gasteiger partial charge on any atom is 0.220 e. The molecule has 0 aromatic rings. The number of hydrogen-bond acceptors (Lipinski definition) is 2. The Labute approximate surface area is 129 Å². The van der Waals surface area contributed by atoms with Gasteiger partial charge in [0, 0.05) is 12.5 Å². The summed E-state index contributed by atoms with van der Waals surface area (Å²) in [6.07, 6.45) is 8.61. The molecule has 0 saturated heterocycles. The number of amides is 1. The van der Waals surface area contributed by atoms with Gasteiger partial charge in [-0.05, 0) is 80.6 Å². The van der Waals surface area contributed by atoms with E-state index in [0.717, 1.165) is 30.1 Å². The van der Waals surface area contributed by atoms with Crippen molar-refractivity contribution in [3.05, 3.63) is 0 Å². The van der Waals surface area contributed by atoms with Gasteiger partial charge in [0.1, 0.15) is 0 Å². The van der Waals surface area contributed by atoms with E-state index in [1.54, 1.807) is 0 Å². The molecule has 3 heteroatoms. The maximum atomic E-state index is 12.4. The molecule has 4 fully saturated rings. The zero-order valence-electron chi connectivity index (χ0n) is 13.7. The lowest BCUT2D eigenvalue weighted by atomic mass is 9.54. The Bertz CT molecular complexity index is 351. The predicted molar refractivity (Wildman–Crippen MR) is 85.6 cm³/mol. The number of nitrogens with two attached hydrogens (primary N) is 1. The van der Waals surface area contributed by atoms with E-state index in [0.29, 0.717) is 30.8 Å². The molecule has 4 aliphatic carbocycles. The second-order valence-electron chi connectivity index (χ2n) is 8.46. The van der Waals surface area contributed by atoms with E-state index < -0.39 is 0 Å². The second kappa shape index (κ2) is 6.28. The van der Waals surface area contributed by atoms with Crippen LogP contribution in [0.4, 0.5) is 0 Å². The molecule has 0 spiro atoms. The van der Waals surface area contributed by atoms with Crippen molar-refractivity contribution in [1.29, 1.82) is 0 Å². The highest BCUT2D eigenvalue weighted by atomic mass is 16.1. The Morgan fingerprint density at radius 2 is 1.67 bits per heavy atom. The highest BCUT2D eigenvalue weighted by Crippen LogP contribution is 2.53. The zero-order chi connectivity index (χ0) is 15.0. The van der Waals surface area contributed by atoms with Crippen LogP contribution < -0.4 is 11.1 Å². The van der Waals surface area contributed by atoms with Gasteiger partial charge in [-0.3, -0.25) is 4.79 Å². The number of carbonyl (C=O) groups excluding carboxylic acids is 1. The molecule has 4 saturated carbocycles. The molecule has 1 atom stereocenters. The van der Waals surface area contributed by atoms with Crippen molar-refractivity contribution in [3.63, 3.8) is 0 Å². The van der Waals surface area contributed by atoms with Gasteiger partial charge in [0.15, 0.2) is 0 Å². The van der Waals surface area contributed by atoms with Gasteiger partial charge in [-0.15, -0.1) is 0 Å². The van der Waals surface area contributed by atoms with E-state index in [4.69, 9.17) is 5.73 Å². The summed E-state index contributed by atoms with van der Waals surface area (Å²) >= 11 is 0. The van der Waals surface area contributed by atoms with Crippen LogP contribution in [0.1, 0.15) is 58.8 Å². The Morgan fingerprint density at radius 3 is 2.14 bits per heavy atom. The summed E-state index contributed by atoms with van der Waals surface area (Å²) in [5.74, 6) is 4.70. The number of carbonyl (C=O) groups is 1. The van der Waals surface area contributed by atoms with Gasteiger partial charge in [-0.1, -0.05) is 13.8 Å². The van der Waals surface area contributed by atoms with Crippen molar-refractivity contribution in [3.8, 4) is 0 Å². The number of rotatable bonds is 6. The summed E-state index contributed by atoms with van der Waals surface area (Å²) in [6.45, 7) is 5.05. The quantitative estimate of drug-likeness (QED) is 0.791. The molecule has 3 N–H and O–H groups in total. The molecule has 4 aliphatic rings. The lowest BCUT2D eigenvalue weighted by molar-refractivity contribution is -0.126. The molecule has 0 aromatic heterocycles. The fraction of sp³-hybridized carbons (Fsp3) is 0.944. The Kier molecular flexibility index (Phi) is 4.58. The standard InChI is InChI=1S/C18H32N2O/c1-11(2)3-14(10-19)9-17(21)20-18-15-5-12-4-13(7-15)8-16(18)6-12/h11-16,18H,3-10,19H2,1-2H3,(H,20,21)/t12?,13?,14-,15?,16?,18?/m0/s1. The van der Waals surface area contributed by atoms with Crippen LogP contribution in [-0.4, -0.2) is 18.5 Å². The van der Waals surface area contributed by atoms with Crippen LogP contribution >= 0.6 is 0 Å². The smallest absolute Gasteiger partial charge is 0.220 e. The van der Waals surface area contributed by atoms with Gasteiger partial charge >= 0.3 is 0 Å². The van der Waals surface area contributed by atoms with E-state index >= 15 is 0 Å². The number of nitrogens with one attached hydrogen (secondary N) is 1. The van der Waals surface area contributed by atoms with Gasteiger partial charge in [-0.25, -0.2) is 0 Å². The molecular weight excluding hydrogens is 260 g/mol. The topological polar surface area (TPSA) is 55.1 Å². The molecular formula is C18H32N2O. The minimum Gasteiger partial charge on any atom is -0.353 e. The lowest BCUT2D eigenvalue weighted by Crippen LogP contribution is -2.56. The normalized spacial score (nSPS) is 38.8. The Hall–Kier alpha value is -0.570. The monoisotopic (exact) mass is 292 g/mol. The zero-order valence-corrected chi connectivity index (χ0v) is 13.7. The third-order valence-corrected chi connectivity index (χ3v) is 6.17. The van der Waals surface area contributed by atoms with Crippen molar-refractivity contribution in [2.75, 3.05) is 6.54 Å². The molecule has 0 aromatic carbocycles. The lowest BCUT2D eigenvalue weighted by Gasteiger charge is -2.54. The van der Waals surface area contributed by atoms with Crippen LogP contribution in [0.25, 0.3) is 0 Å². The molecule has 0 aliphatic heterocycles. The first-order valence-electron chi connectivity index (χ1n) is 9.04. The van der Waals surface area contributed by atoms with Crippen LogP contribution in [0, 0.1) is 35.5 Å². The largest absolute Gasteiger partial charge is 0.353 e. The van der Waals surface area contributed by atoms with Gasteiger partial charge < -0.3 is 11.1 Å². The molecule has 120 valence electrons. The molecule has 0 radical (unpaired) electrons. The summed E-state index contributed by atoms with van der Waals surface area (Å²) in [4.78, 5) is 12.4. The summed E-state index contributed by atoms with van der Waals surface area (Å²) in [7, 11) is 0. The summed E-state index contributed by atoms with van der Waals surface area (Å²) in [5.41, 5.74) is 5.84. The molecule has 1 amide bonds. The van der Waals surface area contributed by atoms with E-state index in [9.17, 15) is 4.79 Å². The molecule has 4 bridgehead atoms. The average molecular weight is 292 g/mol. The van der Waals surface area contributed by atoms with Gasteiger partial charge in [-0.2, -0.15) is 0 Å². The summed E-state index contributed by atoms with van der Waals surface area (Å²) < 4.78 is 0. The molecule has 4 rings (SSSR count). The van der Waals surface area contributed by atoms with Gasteiger partial charge in [0.2, 0.25) is 5.91 Å². The molecule has 0 heterocycles. The summed E-state index contributed by atoms with van der Waals surface area (Å²) in [5, 5.41) is 3.41. The van der Waals surface area contributed by atoms with Crippen LogP contribution in [-0.2, 0) is 4.79 Å². The van der Waals surface area contributed by atoms with Crippen LogP contribution in [0.2, 0.25) is 0 Å². The minimum atomic E-state index is 0.253. The highest BCUT2D eigenvalue weighted by Gasteiger charge is 2.48. The number of hydrogen-bond donors (Lipinski definition) is 2. The van der Waals surface area contributed by atoms with Crippen LogP contribution in [0.5, 0.6) is 0 Å². The van der Waals surface area contributed by atoms with Crippen molar-refractivity contribution in [2.24, 2.45) is 41.2 Å². The van der Waals surface area contributed by atoms with Gasteiger partial charge in [0.25, 0.3) is 0 Å². The second-order valence-corrected chi connectivity index (χ2v) is 8.46. The van der Waals surface area contributed by atoms with Crippen LogP contribution in [0.15, 0.2) is 0 Å². The molecule has 0 unspecified atom stereocenters. The Morgan fingerprint density at radius 1 is 1.10 bits per heavy atom. The first-order chi connectivity index (χ1) is 10.0. The fourth-order valence-corrected chi connectivity index (χ4v) is 5.60. The van der Waals surface area contributed by atoms with Crippen molar-refractivity contribution >= 4 is 5.91 Å². The third-order valence-electron chi connectivity index (χ3n) is 6.17. The SMILES string of the molecule is CC(C)C[C@H](CN)CC(=O)NC1C2CC3CC(C2)CC1C3. The molecule has 21 heavy (non-hydrogen) atoms. The fourth-order valence-electron chi connectivity index (χ4n) is 5.60. The van der Waals surface area contributed by atoms with Gasteiger partial charge in [0.05, 0.1) is 0 Å². The minimum absolute atomic E-state index is 0.253. The third kappa shape index (κ3) is 3.44. The summed E-state index contributed by atoms with van der Waals surface area (Å²) in [6, 6.07) is 0.475. The van der Waals surface area contributed by atoms with E-state index in [2.05, 4.69) is 19.2 Å². The van der Waals surface area contributed by atoms with E-state index in [-0.39, 0.29) is 5.91 Å². The Balaban J connectivity index is 1.53. The maximum absolute atomic E-state index is 12.4. The van der Waals surface area contributed by atoms with E-state index in [1.165, 1.54) is 32.1 Å².